The summed E-state index contributed by atoms with van der Waals surface area (Å²) in [5, 5.41) is 9.91. The van der Waals surface area contributed by atoms with Crippen LogP contribution in [0.3, 0.4) is 0 Å². The summed E-state index contributed by atoms with van der Waals surface area (Å²) in [7, 11) is -2.64. The van der Waals surface area contributed by atoms with Gasteiger partial charge in [0.25, 0.3) is 0 Å². The van der Waals surface area contributed by atoms with Gasteiger partial charge < -0.3 is 15.6 Å². The number of nitrogens with two attached hydrogens (primary N) is 1. The number of primary amides is 1. The van der Waals surface area contributed by atoms with Crippen LogP contribution < -0.4 is 10.5 Å². The van der Waals surface area contributed by atoms with Gasteiger partial charge >= 0.3 is 0 Å². The summed E-state index contributed by atoms with van der Waals surface area (Å²) in [4.78, 5) is 11.0. The molecular weight excluding hydrogens is 414 g/mol. The van der Waals surface area contributed by atoms with Crippen molar-refractivity contribution in [1.82, 2.24) is 0 Å². The lowest BCUT2D eigenvalue weighted by Crippen LogP contribution is -2.13. The lowest BCUT2D eigenvalue weighted by atomic mass is 10.0. The summed E-state index contributed by atoms with van der Waals surface area (Å²) in [6.45, 7) is 0. The maximum atomic E-state index is 13.0. The Labute approximate surface area is 173 Å². The minimum absolute atomic E-state index is 0.114. The number of hydrogen-bond acceptors (Lipinski definition) is 5. The first-order valence-corrected chi connectivity index (χ1v) is 10.5. The molecule has 1 amide bonds. The van der Waals surface area contributed by atoms with E-state index in [1.807, 2.05) is 36.4 Å². The van der Waals surface area contributed by atoms with Crippen LogP contribution in [0.2, 0.25) is 5.02 Å². The standard InChI is InChI=1S/C21H18ClNO5S/c1-28-18-8-7-14(13-5-3-2-4-6-13)9-16(18)12-29(26,27)19-11-15(21(23)25)10-17(22)20(19)24/h2-11,24H,12H2,1H3,(H2,23,25). The van der Waals surface area contributed by atoms with Gasteiger partial charge in [-0.05, 0) is 35.4 Å². The first-order chi connectivity index (χ1) is 13.7. The van der Waals surface area contributed by atoms with Gasteiger partial charge in [-0.25, -0.2) is 8.42 Å². The van der Waals surface area contributed by atoms with Crippen molar-refractivity contribution in [2.45, 2.75) is 10.6 Å². The van der Waals surface area contributed by atoms with E-state index in [1.165, 1.54) is 7.11 Å². The Balaban J connectivity index is 2.08. The fourth-order valence-electron chi connectivity index (χ4n) is 2.94. The molecule has 6 nitrogen and oxygen atoms in total. The Kier molecular flexibility index (Phi) is 5.81. The van der Waals surface area contributed by atoms with Crippen molar-refractivity contribution in [1.29, 1.82) is 0 Å². The number of sulfone groups is 1. The molecule has 0 bridgehead atoms. The van der Waals surface area contributed by atoms with E-state index in [2.05, 4.69) is 0 Å². The highest BCUT2D eigenvalue weighted by Gasteiger charge is 2.25. The molecule has 150 valence electrons. The van der Waals surface area contributed by atoms with Crippen LogP contribution in [-0.2, 0) is 15.6 Å². The lowest BCUT2D eigenvalue weighted by molar-refractivity contribution is 0.1000. The van der Waals surface area contributed by atoms with E-state index in [-0.39, 0.29) is 10.6 Å². The fourth-order valence-corrected chi connectivity index (χ4v) is 4.71. The van der Waals surface area contributed by atoms with Crippen LogP contribution >= 0.6 is 11.6 Å². The van der Waals surface area contributed by atoms with Crippen molar-refractivity contribution in [3.05, 3.63) is 76.8 Å². The number of amides is 1. The third kappa shape index (κ3) is 4.36. The molecule has 0 atom stereocenters. The highest BCUT2D eigenvalue weighted by molar-refractivity contribution is 7.90. The maximum absolute atomic E-state index is 13.0. The number of rotatable bonds is 6. The maximum Gasteiger partial charge on any atom is 0.248 e. The zero-order valence-corrected chi connectivity index (χ0v) is 17.0. The first kappa shape index (κ1) is 20.7. The lowest BCUT2D eigenvalue weighted by Gasteiger charge is -2.13. The Hall–Kier alpha value is -3.03. The van der Waals surface area contributed by atoms with Gasteiger partial charge in [0.05, 0.1) is 17.9 Å². The molecule has 3 aromatic carbocycles. The van der Waals surface area contributed by atoms with Crippen molar-refractivity contribution < 1.29 is 23.1 Å². The molecule has 29 heavy (non-hydrogen) atoms. The molecule has 0 heterocycles. The molecule has 0 aromatic heterocycles. The summed E-state index contributed by atoms with van der Waals surface area (Å²) >= 11 is 5.89. The molecule has 0 spiro atoms. The molecule has 0 radical (unpaired) electrons. The van der Waals surface area contributed by atoms with Gasteiger partial charge in [-0.1, -0.05) is 48.0 Å². The summed E-state index contributed by atoms with van der Waals surface area (Å²) in [6, 6.07) is 16.8. The Morgan fingerprint density at radius 2 is 1.76 bits per heavy atom. The molecule has 0 aliphatic carbocycles. The van der Waals surface area contributed by atoms with Gasteiger partial charge in [0.15, 0.2) is 15.6 Å². The molecule has 3 N–H and O–H groups in total. The molecular formula is C21H18ClNO5S. The molecule has 0 saturated heterocycles. The number of carbonyl (C=O) groups excluding carboxylic acids is 1. The monoisotopic (exact) mass is 431 g/mol. The Morgan fingerprint density at radius 1 is 1.07 bits per heavy atom. The van der Waals surface area contributed by atoms with Crippen LogP contribution in [0.5, 0.6) is 11.5 Å². The van der Waals surface area contributed by atoms with Crippen LogP contribution in [0.25, 0.3) is 11.1 Å². The zero-order valence-electron chi connectivity index (χ0n) is 15.4. The van der Waals surface area contributed by atoms with E-state index in [0.717, 1.165) is 23.3 Å². The summed E-state index contributed by atoms with van der Waals surface area (Å²) in [6.07, 6.45) is 0. The molecule has 0 aliphatic rings. The summed E-state index contributed by atoms with van der Waals surface area (Å²) in [5.74, 6) is -1.57. The Bertz CT molecular complexity index is 1180. The highest BCUT2D eigenvalue weighted by Crippen LogP contribution is 2.36. The second-order valence-electron chi connectivity index (χ2n) is 6.32. The quantitative estimate of drug-likeness (QED) is 0.617. The molecule has 0 unspecified atom stereocenters. The molecule has 0 aliphatic heterocycles. The second kappa shape index (κ2) is 8.14. The molecule has 3 rings (SSSR count). The number of ether oxygens (including phenoxy) is 1. The third-order valence-electron chi connectivity index (χ3n) is 4.38. The average Bonchev–Trinajstić information content (AvgIpc) is 2.70. The van der Waals surface area contributed by atoms with E-state index < -0.39 is 32.1 Å². The summed E-state index contributed by atoms with van der Waals surface area (Å²) in [5.41, 5.74) is 7.24. The molecule has 0 saturated carbocycles. The molecule has 3 aromatic rings. The van der Waals surface area contributed by atoms with Gasteiger partial charge in [0, 0.05) is 11.1 Å². The van der Waals surface area contributed by atoms with E-state index in [9.17, 15) is 18.3 Å². The topological polar surface area (TPSA) is 107 Å². The fraction of sp³-hybridized carbons (Fsp3) is 0.0952. The number of aromatic hydroxyl groups is 1. The predicted octanol–water partition coefficient (Wildman–Crippen LogP) is 3.79. The number of benzene rings is 3. The van der Waals surface area contributed by atoms with Gasteiger partial charge in [-0.2, -0.15) is 0 Å². The number of phenolic OH excluding ortho intramolecular Hbond substituents is 1. The number of carbonyl (C=O) groups is 1. The number of hydrogen-bond donors (Lipinski definition) is 2. The smallest absolute Gasteiger partial charge is 0.248 e. The highest BCUT2D eigenvalue weighted by atomic mass is 35.5. The van der Waals surface area contributed by atoms with Crippen LogP contribution in [0.15, 0.2) is 65.6 Å². The van der Waals surface area contributed by atoms with E-state index in [1.54, 1.807) is 12.1 Å². The Morgan fingerprint density at radius 3 is 2.38 bits per heavy atom. The van der Waals surface area contributed by atoms with Crippen LogP contribution in [-0.4, -0.2) is 26.5 Å². The van der Waals surface area contributed by atoms with E-state index in [4.69, 9.17) is 22.1 Å². The number of halogens is 1. The molecule has 0 fully saturated rings. The van der Waals surface area contributed by atoms with Crippen molar-refractivity contribution >= 4 is 27.3 Å². The minimum Gasteiger partial charge on any atom is -0.505 e. The van der Waals surface area contributed by atoms with E-state index in [0.29, 0.717) is 11.3 Å². The van der Waals surface area contributed by atoms with Gasteiger partial charge in [0.1, 0.15) is 10.6 Å². The number of phenols is 1. The van der Waals surface area contributed by atoms with Crippen molar-refractivity contribution in [3.63, 3.8) is 0 Å². The van der Waals surface area contributed by atoms with Crippen LogP contribution in [0.4, 0.5) is 0 Å². The normalized spacial score (nSPS) is 11.2. The van der Waals surface area contributed by atoms with Crippen LogP contribution in [0.1, 0.15) is 15.9 Å². The van der Waals surface area contributed by atoms with E-state index >= 15 is 0 Å². The predicted molar refractivity (Wildman–Crippen MR) is 111 cm³/mol. The first-order valence-electron chi connectivity index (χ1n) is 8.50. The molecule has 8 heteroatoms. The summed E-state index contributed by atoms with van der Waals surface area (Å²) < 4.78 is 31.4. The van der Waals surface area contributed by atoms with Crippen molar-refractivity contribution in [2.24, 2.45) is 5.73 Å². The van der Waals surface area contributed by atoms with Gasteiger partial charge in [-0.3, -0.25) is 4.79 Å². The van der Waals surface area contributed by atoms with Crippen molar-refractivity contribution in [3.8, 4) is 22.6 Å². The minimum atomic E-state index is -4.08. The number of methoxy groups -OCH3 is 1. The second-order valence-corrected chi connectivity index (χ2v) is 8.69. The van der Waals surface area contributed by atoms with Crippen molar-refractivity contribution in [2.75, 3.05) is 7.11 Å². The van der Waals surface area contributed by atoms with Gasteiger partial charge in [-0.15, -0.1) is 0 Å². The third-order valence-corrected chi connectivity index (χ3v) is 6.34. The van der Waals surface area contributed by atoms with Crippen LogP contribution in [0, 0.1) is 0 Å². The largest absolute Gasteiger partial charge is 0.505 e. The zero-order chi connectivity index (χ0) is 21.2. The SMILES string of the molecule is COc1ccc(-c2ccccc2)cc1CS(=O)(=O)c1cc(C(N)=O)cc(Cl)c1O. The van der Waals surface area contributed by atoms with Gasteiger partial charge in [0.2, 0.25) is 5.91 Å². The average molecular weight is 432 g/mol.